The monoisotopic (exact) mass is 696 g/mol. The molecule has 0 amide bonds. The van der Waals surface area contributed by atoms with Crippen LogP contribution in [0.1, 0.15) is 22.9 Å². The number of rotatable bonds is 13. The maximum absolute atomic E-state index is 13.6. The molecular formula is C30H32N8O8S2. The van der Waals surface area contributed by atoms with Crippen LogP contribution in [0.15, 0.2) is 117 Å². The van der Waals surface area contributed by atoms with E-state index in [0.717, 1.165) is 11.1 Å². The lowest BCUT2D eigenvalue weighted by Crippen LogP contribution is -2.30. The maximum atomic E-state index is 13.6. The summed E-state index contributed by atoms with van der Waals surface area (Å²) in [6.07, 6.45) is 9.00. The molecule has 6 rings (SSSR count). The van der Waals surface area contributed by atoms with Crippen LogP contribution in [0.25, 0.3) is 0 Å². The van der Waals surface area contributed by atoms with Gasteiger partial charge in [-0.25, -0.2) is 31.9 Å². The number of nitrogens with zero attached hydrogens (tertiary/aromatic N) is 7. The highest BCUT2D eigenvalue weighted by Crippen LogP contribution is 2.23. The molecule has 48 heavy (non-hydrogen) atoms. The molecule has 18 heteroatoms. The predicted molar refractivity (Wildman–Crippen MR) is 169 cm³/mol. The summed E-state index contributed by atoms with van der Waals surface area (Å²) < 4.78 is 73.8. The molecule has 0 spiro atoms. The summed E-state index contributed by atoms with van der Waals surface area (Å²) in [5, 5.41) is 12.7. The van der Waals surface area contributed by atoms with Crippen molar-refractivity contribution >= 4 is 20.0 Å². The van der Waals surface area contributed by atoms with E-state index >= 15 is 0 Å². The summed E-state index contributed by atoms with van der Waals surface area (Å²) in [6, 6.07) is 17.4. The second-order valence-corrected chi connectivity index (χ2v) is 13.5. The Balaban J connectivity index is 0.000000250. The van der Waals surface area contributed by atoms with E-state index in [9.17, 15) is 16.8 Å². The summed E-state index contributed by atoms with van der Waals surface area (Å²) in [7, 11) is -4.47. The first-order valence-electron chi connectivity index (χ1n) is 14.2. The zero-order valence-electron chi connectivity index (χ0n) is 25.9. The van der Waals surface area contributed by atoms with Gasteiger partial charge in [-0.3, -0.25) is 9.36 Å². The fourth-order valence-corrected chi connectivity index (χ4v) is 6.13. The molecule has 0 aliphatic rings. The van der Waals surface area contributed by atoms with Gasteiger partial charge in [-0.2, -0.15) is 14.5 Å². The third kappa shape index (κ3) is 8.94. The van der Waals surface area contributed by atoms with Gasteiger partial charge in [0.25, 0.3) is 20.0 Å². The highest BCUT2D eigenvalue weighted by atomic mass is 32.2. The van der Waals surface area contributed by atoms with Crippen LogP contribution < -0.4 is 14.6 Å². The van der Waals surface area contributed by atoms with Gasteiger partial charge < -0.3 is 18.3 Å². The Morgan fingerprint density at radius 3 is 1.50 bits per heavy atom. The van der Waals surface area contributed by atoms with Gasteiger partial charge in [-0.05, 0) is 47.5 Å². The second kappa shape index (κ2) is 15.1. The highest BCUT2D eigenvalue weighted by molar-refractivity contribution is 7.89. The number of ether oxygens (including phenoxy) is 2. The number of hydrogen-bond donors (Lipinski definition) is 1. The molecule has 252 valence electrons. The van der Waals surface area contributed by atoms with Gasteiger partial charge >= 0.3 is 0 Å². The van der Waals surface area contributed by atoms with Crippen LogP contribution in [0.4, 0.5) is 0 Å². The van der Waals surface area contributed by atoms with Crippen molar-refractivity contribution in [3.8, 4) is 11.5 Å². The predicted octanol–water partition coefficient (Wildman–Crippen LogP) is 2.89. The van der Waals surface area contributed by atoms with Gasteiger partial charge in [0.1, 0.15) is 37.1 Å². The van der Waals surface area contributed by atoms with Crippen molar-refractivity contribution in [1.29, 1.82) is 0 Å². The number of methoxy groups -OCH3 is 2. The number of sulfonamides is 2. The molecule has 0 bridgehead atoms. The Morgan fingerprint density at radius 1 is 0.688 bits per heavy atom. The number of nitrogens with two attached hydrogens (primary N) is 1. The maximum Gasteiger partial charge on any atom is 0.262 e. The number of benzene rings is 2. The SMILES string of the molecule is COc1ccc(CN(Cc2ccc(OC)cc2)S(=O)(=O)c2ccn(Cc3ncco3)n2)cc1.NS(=O)(=O)c1ccn(Cc2ncco2)n1. The van der Waals surface area contributed by atoms with Gasteiger partial charge in [0, 0.05) is 25.5 Å². The van der Waals surface area contributed by atoms with Crippen molar-refractivity contribution in [2.75, 3.05) is 14.2 Å². The minimum atomic E-state index is -3.90. The van der Waals surface area contributed by atoms with E-state index in [-0.39, 0.29) is 36.2 Å². The lowest BCUT2D eigenvalue weighted by atomic mass is 10.2. The molecule has 0 atom stereocenters. The molecule has 0 radical (unpaired) electrons. The van der Waals surface area contributed by atoms with Gasteiger partial charge in [-0.15, -0.1) is 0 Å². The average molecular weight is 697 g/mol. The van der Waals surface area contributed by atoms with Gasteiger partial charge in [-0.1, -0.05) is 24.3 Å². The third-order valence-corrected chi connectivity index (χ3v) is 9.21. The van der Waals surface area contributed by atoms with E-state index in [2.05, 4.69) is 20.2 Å². The molecule has 2 N–H and O–H groups in total. The lowest BCUT2D eigenvalue weighted by molar-refractivity contribution is 0.394. The van der Waals surface area contributed by atoms with Crippen LogP contribution in [0.2, 0.25) is 0 Å². The third-order valence-electron chi connectivity index (χ3n) is 6.73. The van der Waals surface area contributed by atoms with E-state index < -0.39 is 20.0 Å². The number of hydrogen-bond acceptors (Lipinski definition) is 12. The summed E-state index contributed by atoms with van der Waals surface area (Å²) in [5.74, 6) is 2.29. The molecule has 0 saturated heterocycles. The molecule has 0 unspecified atom stereocenters. The van der Waals surface area contributed by atoms with Gasteiger partial charge in [0.05, 0.1) is 26.6 Å². The van der Waals surface area contributed by atoms with E-state index in [1.165, 1.54) is 56.9 Å². The lowest BCUT2D eigenvalue weighted by Gasteiger charge is -2.21. The Kier molecular flexibility index (Phi) is 10.7. The topological polar surface area (TPSA) is 204 Å². The Hall–Kier alpha value is -5.30. The van der Waals surface area contributed by atoms with E-state index in [1.807, 2.05) is 24.3 Å². The molecule has 0 saturated carbocycles. The van der Waals surface area contributed by atoms with E-state index in [0.29, 0.717) is 23.3 Å². The van der Waals surface area contributed by atoms with Crippen molar-refractivity contribution in [3.05, 3.63) is 121 Å². The molecule has 4 heterocycles. The largest absolute Gasteiger partial charge is 0.497 e. The van der Waals surface area contributed by atoms with E-state index in [1.54, 1.807) is 44.7 Å². The van der Waals surface area contributed by atoms with Gasteiger partial charge in [0.15, 0.2) is 10.1 Å². The van der Waals surface area contributed by atoms with Crippen molar-refractivity contribution in [2.24, 2.45) is 5.14 Å². The number of oxazole rings is 2. The van der Waals surface area contributed by atoms with Crippen LogP contribution in [-0.2, 0) is 46.2 Å². The summed E-state index contributed by atoms with van der Waals surface area (Å²) >= 11 is 0. The minimum Gasteiger partial charge on any atom is -0.497 e. The van der Waals surface area contributed by atoms with Crippen molar-refractivity contribution in [3.63, 3.8) is 0 Å². The fourth-order valence-electron chi connectivity index (χ4n) is 4.32. The van der Waals surface area contributed by atoms with E-state index in [4.69, 9.17) is 23.4 Å². The Morgan fingerprint density at radius 2 is 1.12 bits per heavy atom. The second-order valence-electron chi connectivity index (χ2n) is 10.1. The zero-order chi connectivity index (χ0) is 34.1. The van der Waals surface area contributed by atoms with Gasteiger partial charge in [0.2, 0.25) is 11.8 Å². The van der Waals surface area contributed by atoms with Crippen LogP contribution >= 0.6 is 0 Å². The fraction of sp³-hybridized carbons (Fsp3) is 0.200. The van der Waals surface area contributed by atoms with Crippen molar-refractivity contribution in [1.82, 2.24) is 33.8 Å². The summed E-state index contributed by atoms with van der Waals surface area (Å²) in [4.78, 5) is 7.92. The first-order valence-corrected chi connectivity index (χ1v) is 17.1. The Labute approximate surface area is 276 Å². The van der Waals surface area contributed by atoms with Crippen molar-refractivity contribution in [2.45, 2.75) is 36.2 Å². The molecule has 0 fully saturated rings. The van der Waals surface area contributed by atoms with Crippen LogP contribution in [0, 0.1) is 0 Å². The smallest absolute Gasteiger partial charge is 0.262 e. The van der Waals surface area contributed by atoms with Crippen molar-refractivity contribution < 1.29 is 35.1 Å². The molecular weight excluding hydrogens is 665 g/mol. The molecule has 0 aliphatic carbocycles. The normalized spacial score (nSPS) is 11.7. The minimum absolute atomic E-state index is 0.0453. The molecule has 4 aromatic heterocycles. The summed E-state index contributed by atoms with van der Waals surface area (Å²) in [5.41, 5.74) is 1.65. The molecule has 16 nitrogen and oxygen atoms in total. The highest BCUT2D eigenvalue weighted by Gasteiger charge is 2.28. The van der Waals surface area contributed by atoms with Crippen LogP contribution in [0.3, 0.4) is 0 Å². The average Bonchev–Trinajstić information content (AvgIpc) is 3.91. The quantitative estimate of drug-likeness (QED) is 0.185. The first-order chi connectivity index (χ1) is 23.0. The molecule has 6 aromatic rings. The molecule has 2 aromatic carbocycles. The Bertz CT molecular complexity index is 2040. The summed E-state index contributed by atoms with van der Waals surface area (Å²) in [6.45, 7) is 0.845. The number of aromatic nitrogens is 6. The van der Waals surface area contributed by atoms with Crippen LogP contribution in [0.5, 0.6) is 11.5 Å². The first kappa shape index (κ1) is 34.0. The van der Waals surface area contributed by atoms with Crippen LogP contribution in [-0.4, -0.2) is 64.9 Å². The zero-order valence-corrected chi connectivity index (χ0v) is 27.5. The number of primary sulfonamides is 1. The molecule has 0 aliphatic heterocycles. The standard InChI is InChI=1S/C23H24N4O5S.C7H8N4O3S/c1-30-20-7-3-18(4-8-20)15-27(16-19-5-9-21(31-2)10-6-19)33(28,29)23-11-13-26(25-23)17-22-24-12-14-32-22;8-15(12,13)7-1-3-11(10-7)5-6-9-2-4-14-6/h3-14H,15-17H2,1-2H3;1-4H,5H2,(H2,8,12,13).